The lowest BCUT2D eigenvalue weighted by atomic mass is 10.3. The van der Waals surface area contributed by atoms with Gasteiger partial charge in [-0.2, -0.15) is 0 Å². The molecular formula is C12H16Cl2N2O2. The molecule has 0 fully saturated rings. The normalized spacial score (nSPS) is 10.2. The van der Waals surface area contributed by atoms with Crippen molar-refractivity contribution in [3.05, 3.63) is 28.2 Å². The Morgan fingerprint density at radius 2 is 1.94 bits per heavy atom. The average Bonchev–Trinajstić information content (AvgIpc) is 2.33. The summed E-state index contributed by atoms with van der Waals surface area (Å²) in [6, 6.07) is 5.26. The van der Waals surface area contributed by atoms with Crippen LogP contribution in [0.3, 0.4) is 0 Å². The molecule has 1 rings (SSSR count). The van der Waals surface area contributed by atoms with Crippen LogP contribution in [0.1, 0.15) is 6.42 Å². The molecule has 18 heavy (non-hydrogen) atoms. The fraction of sp³-hybridized carbons (Fsp3) is 0.417. The van der Waals surface area contributed by atoms with Crippen LogP contribution >= 0.6 is 23.2 Å². The van der Waals surface area contributed by atoms with Gasteiger partial charge in [0, 0.05) is 26.6 Å². The minimum Gasteiger partial charge on any atom is -0.383 e. The predicted octanol–water partition coefficient (Wildman–Crippen LogP) is 2.56. The van der Waals surface area contributed by atoms with Crippen LogP contribution in [-0.2, 0) is 9.53 Å². The van der Waals surface area contributed by atoms with Gasteiger partial charge in [-0.15, -0.1) is 0 Å². The van der Waals surface area contributed by atoms with E-state index >= 15 is 0 Å². The minimum atomic E-state index is -0.0391. The highest BCUT2D eigenvalue weighted by Gasteiger charge is 2.05. The van der Waals surface area contributed by atoms with Crippen molar-refractivity contribution in [2.45, 2.75) is 6.42 Å². The van der Waals surface area contributed by atoms with Gasteiger partial charge in [0.2, 0.25) is 5.91 Å². The summed E-state index contributed by atoms with van der Waals surface area (Å²) in [7, 11) is 1.59. The second-order valence-corrected chi connectivity index (χ2v) is 4.43. The second-order valence-electron chi connectivity index (χ2n) is 3.62. The quantitative estimate of drug-likeness (QED) is 0.759. The molecule has 1 aromatic rings. The van der Waals surface area contributed by atoms with Crippen LogP contribution < -0.4 is 10.6 Å². The van der Waals surface area contributed by atoms with E-state index in [-0.39, 0.29) is 5.91 Å². The maximum atomic E-state index is 11.4. The molecule has 0 aliphatic carbocycles. The Labute approximate surface area is 117 Å². The topological polar surface area (TPSA) is 50.4 Å². The lowest BCUT2D eigenvalue weighted by Crippen LogP contribution is -2.28. The SMILES string of the molecule is COCCNC(=O)CCNc1c(Cl)cccc1Cl. The third-order valence-corrected chi connectivity index (χ3v) is 2.87. The molecule has 1 amide bonds. The summed E-state index contributed by atoms with van der Waals surface area (Å²) in [4.78, 5) is 11.4. The Hall–Kier alpha value is -0.970. The Morgan fingerprint density at radius 3 is 2.56 bits per heavy atom. The highest BCUT2D eigenvalue weighted by Crippen LogP contribution is 2.29. The summed E-state index contributed by atoms with van der Waals surface area (Å²) in [5.74, 6) is -0.0391. The smallest absolute Gasteiger partial charge is 0.221 e. The van der Waals surface area contributed by atoms with Gasteiger partial charge in [-0.05, 0) is 12.1 Å². The van der Waals surface area contributed by atoms with Gasteiger partial charge in [-0.1, -0.05) is 29.3 Å². The van der Waals surface area contributed by atoms with Crippen LogP contribution in [0.4, 0.5) is 5.69 Å². The Kier molecular flexibility index (Phi) is 6.86. The molecule has 4 nitrogen and oxygen atoms in total. The molecule has 100 valence electrons. The standard InChI is InChI=1S/C12H16Cl2N2O2/c1-18-8-7-15-11(17)5-6-16-12-9(13)3-2-4-10(12)14/h2-4,16H,5-8H2,1H3,(H,15,17). The van der Waals surface area contributed by atoms with E-state index in [9.17, 15) is 4.79 Å². The van der Waals surface area contributed by atoms with Gasteiger partial charge in [0.15, 0.2) is 0 Å². The van der Waals surface area contributed by atoms with Crippen LogP contribution in [0, 0.1) is 0 Å². The third kappa shape index (κ3) is 5.12. The van der Waals surface area contributed by atoms with Crippen molar-refractivity contribution in [2.75, 3.05) is 32.1 Å². The Bertz CT molecular complexity index is 379. The van der Waals surface area contributed by atoms with E-state index < -0.39 is 0 Å². The van der Waals surface area contributed by atoms with E-state index in [1.54, 1.807) is 25.3 Å². The number of methoxy groups -OCH3 is 1. The van der Waals surface area contributed by atoms with Crippen LogP contribution in [0.2, 0.25) is 10.0 Å². The Balaban J connectivity index is 2.31. The van der Waals surface area contributed by atoms with Crippen LogP contribution in [0.25, 0.3) is 0 Å². The first-order valence-corrected chi connectivity index (χ1v) is 6.34. The van der Waals surface area contributed by atoms with Crippen molar-refractivity contribution in [1.29, 1.82) is 0 Å². The lowest BCUT2D eigenvalue weighted by molar-refractivity contribution is -0.121. The number of carbonyl (C=O) groups excluding carboxylic acids is 1. The van der Waals surface area contributed by atoms with E-state index in [2.05, 4.69) is 10.6 Å². The molecule has 6 heteroatoms. The van der Waals surface area contributed by atoms with Gasteiger partial charge in [-0.25, -0.2) is 0 Å². The number of nitrogens with one attached hydrogen (secondary N) is 2. The molecule has 1 aromatic carbocycles. The van der Waals surface area contributed by atoms with Crippen molar-refractivity contribution in [3.8, 4) is 0 Å². The number of hydrogen-bond acceptors (Lipinski definition) is 3. The molecule has 2 N–H and O–H groups in total. The summed E-state index contributed by atoms with van der Waals surface area (Å²) < 4.78 is 4.83. The monoisotopic (exact) mass is 290 g/mol. The van der Waals surface area contributed by atoms with Crippen molar-refractivity contribution >= 4 is 34.8 Å². The molecule has 0 bridgehead atoms. The first-order chi connectivity index (χ1) is 8.65. The fourth-order valence-corrected chi connectivity index (χ4v) is 1.88. The van der Waals surface area contributed by atoms with Crippen LogP contribution in [-0.4, -0.2) is 32.7 Å². The van der Waals surface area contributed by atoms with E-state index in [0.717, 1.165) is 0 Å². The van der Waals surface area contributed by atoms with Crippen molar-refractivity contribution in [2.24, 2.45) is 0 Å². The number of benzene rings is 1. The summed E-state index contributed by atoms with van der Waals surface area (Å²) in [5, 5.41) is 6.86. The van der Waals surface area contributed by atoms with Gasteiger partial charge in [0.05, 0.1) is 22.3 Å². The molecule has 0 saturated heterocycles. The molecule has 0 heterocycles. The van der Waals surface area contributed by atoms with E-state index in [4.69, 9.17) is 27.9 Å². The van der Waals surface area contributed by atoms with Gasteiger partial charge >= 0.3 is 0 Å². The number of rotatable bonds is 7. The first kappa shape index (κ1) is 15.1. The van der Waals surface area contributed by atoms with Gasteiger partial charge < -0.3 is 15.4 Å². The maximum Gasteiger partial charge on any atom is 0.221 e. The molecule has 0 radical (unpaired) electrons. The summed E-state index contributed by atoms with van der Waals surface area (Å²) in [5.41, 5.74) is 0.658. The second kappa shape index (κ2) is 8.19. The van der Waals surface area contributed by atoms with Crippen LogP contribution in [0.5, 0.6) is 0 Å². The van der Waals surface area contributed by atoms with Crippen molar-refractivity contribution in [1.82, 2.24) is 5.32 Å². The number of anilines is 1. The molecule has 0 atom stereocenters. The van der Waals surface area contributed by atoms with Crippen molar-refractivity contribution in [3.63, 3.8) is 0 Å². The fourth-order valence-electron chi connectivity index (χ4n) is 1.35. The molecule has 0 aliphatic heterocycles. The number of amides is 1. The number of ether oxygens (including phenoxy) is 1. The van der Waals surface area contributed by atoms with E-state index in [1.807, 2.05) is 0 Å². The molecular weight excluding hydrogens is 275 g/mol. The number of hydrogen-bond donors (Lipinski definition) is 2. The van der Waals surface area contributed by atoms with Gasteiger partial charge in [0.1, 0.15) is 0 Å². The zero-order chi connectivity index (χ0) is 13.4. The predicted molar refractivity (Wildman–Crippen MR) is 74.5 cm³/mol. The summed E-state index contributed by atoms with van der Waals surface area (Å²) in [6.07, 6.45) is 0.352. The average molecular weight is 291 g/mol. The number of carbonyl (C=O) groups is 1. The third-order valence-electron chi connectivity index (χ3n) is 2.24. The molecule has 0 saturated carbocycles. The van der Waals surface area contributed by atoms with Crippen molar-refractivity contribution < 1.29 is 9.53 Å². The summed E-state index contributed by atoms with van der Waals surface area (Å²) in [6.45, 7) is 1.50. The zero-order valence-electron chi connectivity index (χ0n) is 10.1. The number of para-hydroxylation sites is 1. The zero-order valence-corrected chi connectivity index (χ0v) is 11.6. The molecule has 0 unspecified atom stereocenters. The highest BCUT2D eigenvalue weighted by molar-refractivity contribution is 6.39. The highest BCUT2D eigenvalue weighted by atomic mass is 35.5. The van der Waals surface area contributed by atoms with E-state index in [1.165, 1.54) is 0 Å². The minimum absolute atomic E-state index is 0.0391. The first-order valence-electron chi connectivity index (χ1n) is 5.58. The number of halogens is 2. The molecule has 0 aliphatic rings. The maximum absolute atomic E-state index is 11.4. The largest absolute Gasteiger partial charge is 0.383 e. The molecule has 0 aromatic heterocycles. The van der Waals surface area contributed by atoms with Gasteiger partial charge in [0.25, 0.3) is 0 Å². The van der Waals surface area contributed by atoms with Crippen LogP contribution in [0.15, 0.2) is 18.2 Å². The Morgan fingerprint density at radius 1 is 1.28 bits per heavy atom. The molecule has 0 spiro atoms. The summed E-state index contributed by atoms with van der Waals surface area (Å²) >= 11 is 12.0. The lowest BCUT2D eigenvalue weighted by Gasteiger charge is -2.10. The van der Waals surface area contributed by atoms with Gasteiger partial charge in [-0.3, -0.25) is 4.79 Å². The van der Waals surface area contributed by atoms with E-state index in [0.29, 0.717) is 41.8 Å².